The van der Waals surface area contributed by atoms with E-state index in [1.807, 2.05) is 0 Å². The van der Waals surface area contributed by atoms with Gasteiger partial charge >= 0.3 is 0 Å². The van der Waals surface area contributed by atoms with Crippen LogP contribution in [-0.4, -0.2) is 27.9 Å². The average molecular weight is 108 g/mol. The highest BCUT2D eigenvalue weighted by molar-refractivity contribution is 4.50. The van der Waals surface area contributed by atoms with Gasteiger partial charge in [-0.05, 0) is 13.8 Å². The van der Waals surface area contributed by atoms with Gasteiger partial charge in [-0.3, -0.25) is 0 Å². The third-order valence-electron chi connectivity index (χ3n) is 0.698. The number of aliphatic hydroxyl groups excluding tert-OH is 2. The molecule has 46 valence electrons. The second-order valence-electron chi connectivity index (χ2n) is 1.48. The van der Waals surface area contributed by atoms with Gasteiger partial charge in [-0.1, -0.05) is 0 Å². The molecular weight excluding hydrogens is 96.0 g/mol. The molecule has 3 nitrogen and oxygen atoms in total. The van der Waals surface area contributed by atoms with Gasteiger partial charge in [0.25, 0.3) is 0 Å². The molecule has 0 bridgehead atoms. The minimum Gasteiger partial charge on any atom is -0.412 e. The predicted molar refractivity (Wildman–Crippen MR) is 27.0 cm³/mol. The van der Waals surface area contributed by atoms with E-state index in [9.17, 15) is 0 Å². The molecule has 4 N–H and O–H groups in total. The van der Waals surface area contributed by atoms with E-state index in [-0.39, 0.29) is 5.48 Å². The van der Waals surface area contributed by atoms with E-state index in [1.54, 1.807) is 13.8 Å². The topological polar surface area (TPSA) is 72.0 Å². The fraction of sp³-hybridized carbons (Fsp3) is 1.00. The van der Waals surface area contributed by atoms with E-state index in [0.717, 1.165) is 0 Å². The molecule has 0 fully saturated rings. The van der Waals surface area contributed by atoms with Gasteiger partial charge in [0.05, 0.1) is 12.2 Å². The quantitative estimate of drug-likeness (QED) is 0.448. The molecule has 0 aliphatic rings. The first-order valence-corrected chi connectivity index (χ1v) is 2.00. The summed E-state index contributed by atoms with van der Waals surface area (Å²) < 4.78 is 0. The van der Waals surface area contributed by atoms with Gasteiger partial charge in [-0.25, -0.2) is 0 Å². The Morgan fingerprint density at radius 1 is 1.00 bits per heavy atom. The molecule has 2 atom stereocenters. The minimum atomic E-state index is -0.593. The summed E-state index contributed by atoms with van der Waals surface area (Å²) in [5, 5.41) is 16.8. The molecule has 0 aromatic carbocycles. The van der Waals surface area contributed by atoms with Crippen LogP contribution in [0.3, 0.4) is 0 Å². The molecular formula is C4H12O3. The minimum absolute atomic E-state index is 0. The van der Waals surface area contributed by atoms with Crippen LogP contribution in [0.15, 0.2) is 0 Å². The van der Waals surface area contributed by atoms with Gasteiger partial charge in [0.15, 0.2) is 0 Å². The fourth-order valence-electron chi connectivity index (χ4n) is 0. The normalized spacial score (nSPS) is 17.1. The number of rotatable bonds is 1. The lowest BCUT2D eigenvalue weighted by Gasteiger charge is -2.03. The highest BCUT2D eigenvalue weighted by Crippen LogP contribution is 1.85. The van der Waals surface area contributed by atoms with E-state index in [2.05, 4.69) is 0 Å². The van der Waals surface area contributed by atoms with Gasteiger partial charge < -0.3 is 15.7 Å². The maximum atomic E-state index is 8.38. The first-order chi connectivity index (χ1) is 2.64. The lowest BCUT2D eigenvalue weighted by molar-refractivity contribution is 0.0438. The highest BCUT2D eigenvalue weighted by atomic mass is 16.3. The van der Waals surface area contributed by atoms with Gasteiger partial charge in [0.1, 0.15) is 0 Å². The Bertz CT molecular complexity index is 27.9. The van der Waals surface area contributed by atoms with Crippen LogP contribution in [0, 0.1) is 0 Å². The molecule has 3 heteroatoms. The lowest BCUT2D eigenvalue weighted by atomic mass is 10.3. The van der Waals surface area contributed by atoms with Crippen LogP contribution in [0.4, 0.5) is 0 Å². The third-order valence-corrected chi connectivity index (χ3v) is 0.698. The standard InChI is InChI=1S/C4H10O2.H2O/c1-3(5)4(2)6;/h3-6H,1-2H3;1H2. The third kappa shape index (κ3) is 5.88. The average Bonchev–Trinajstić information content (AvgIpc) is 1.36. The molecule has 0 saturated heterocycles. The van der Waals surface area contributed by atoms with Crippen LogP contribution in [0.25, 0.3) is 0 Å². The smallest absolute Gasteiger partial charge is 0.0768 e. The largest absolute Gasteiger partial charge is 0.412 e. The zero-order valence-electron chi connectivity index (χ0n) is 4.55. The van der Waals surface area contributed by atoms with E-state index in [1.165, 1.54) is 0 Å². The fourth-order valence-corrected chi connectivity index (χ4v) is 0. The van der Waals surface area contributed by atoms with Crippen molar-refractivity contribution in [2.75, 3.05) is 0 Å². The van der Waals surface area contributed by atoms with E-state index in [0.29, 0.717) is 0 Å². The summed E-state index contributed by atoms with van der Waals surface area (Å²) in [6.07, 6.45) is -1.19. The number of hydrogen-bond donors (Lipinski definition) is 2. The molecule has 0 spiro atoms. The zero-order chi connectivity index (χ0) is 5.15. The molecule has 0 rings (SSSR count). The summed E-state index contributed by atoms with van der Waals surface area (Å²) in [5.41, 5.74) is 0. The predicted octanol–water partition coefficient (Wildman–Crippen LogP) is -1.08. The molecule has 0 aliphatic heterocycles. The number of hydrogen-bond acceptors (Lipinski definition) is 2. The Balaban J connectivity index is 0. The summed E-state index contributed by atoms with van der Waals surface area (Å²) >= 11 is 0. The molecule has 0 amide bonds. The van der Waals surface area contributed by atoms with Crippen LogP contribution in [-0.2, 0) is 0 Å². The number of aliphatic hydroxyl groups is 2. The molecule has 0 radical (unpaired) electrons. The molecule has 7 heavy (non-hydrogen) atoms. The summed E-state index contributed by atoms with van der Waals surface area (Å²) in [4.78, 5) is 0. The van der Waals surface area contributed by atoms with Crippen LogP contribution in [0.1, 0.15) is 13.8 Å². The van der Waals surface area contributed by atoms with Crippen LogP contribution in [0.5, 0.6) is 0 Å². The van der Waals surface area contributed by atoms with Crippen molar-refractivity contribution in [3.63, 3.8) is 0 Å². The van der Waals surface area contributed by atoms with Gasteiger partial charge in [-0.15, -0.1) is 0 Å². The van der Waals surface area contributed by atoms with E-state index < -0.39 is 12.2 Å². The Kier molecular flexibility index (Phi) is 5.78. The van der Waals surface area contributed by atoms with Crippen molar-refractivity contribution in [3.05, 3.63) is 0 Å². The Morgan fingerprint density at radius 3 is 1.14 bits per heavy atom. The van der Waals surface area contributed by atoms with Crippen LogP contribution < -0.4 is 0 Å². The van der Waals surface area contributed by atoms with Crippen molar-refractivity contribution >= 4 is 0 Å². The lowest BCUT2D eigenvalue weighted by Crippen LogP contribution is -2.17. The maximum absolute atomic E-state index is 8.38. The van der Waals surface area contributed by atoms with Crippen molar-refractivity contribution in [2.45, 2.75) is 26.1 Å². The summed E-state index contributed by atoms with van der Waals surface area (Å²) in [6.45, 7) is 3.09. The zero-order valence-corrected chi connectivity index (χ0v) is 4.55. The summed E-state index contributed by atoms with van der Waals surface area (Å²) in [5.74, 6) is 0. The van der Waals surface area contributed by atoms with Crippen molar-refractivity contribution < 1.29 is 15.7 Å². The molecule has 0 saturated carbocycles. The molecule has 0 aromatic heterocycles. The molecule has 0 aromatic rings. The van der Waals surface area contributed by atoms with Gasteiger partial charge in [0.2, 0.25) is 0 Å². The summed E-state index contributed by atoms with van der Waals surface area (Å²) in [6, 6.07) is 0. The first kappa shape index (κ1) is 9.99. The Morgan fingerprint density at radius 2 is 1.14 bits per heavy atom. The Labute approximate surface area is 42.9 Å². The molecule has 2 unspecified atom stereocenters. The van der Waals surface area contributed by atoms with Crippen molar-refractivity contribution in [3.8, 4) is 0 Å². The second kappa shape index (κ2) is 4.05. The SMILES string of the molecule is CC(O)C(C)O.O. The van der Waals surface area contributed by atoms with Crippen LogP contribution >= 0.6 is 0 Å². The van der Waals surface area contributed by atoms with Crippen LogP contribution in [0.2, 0.25) is 0 Å². The maximum Gasteiger partial charge on any atom is 0.0768 e. The highest BCUT2D eigenvalue weighted by Gasteiger charge is 1.99. The molecule has 0 heterocycles. The van der Waals surface area contributed by atoms with E-state index in [4.69, 9.17) is 10.2 Å². The van der Waals surface area contributed by atoms with Crippen molar-refractivity contribution in [2.24, 2.45) is 0 Å². The van der Waals surface area contributed by atoms with Crippen molar-refractivity contribution in [1.29, 1.82) is 0 Å². The van der Waals surface area contributed by atoms with Gasteiger partial charge in [0, 0.05) is 0 Å². The first-order valence-electron chi connectivity index (χ1n) is 2.00. The Hall–Kier alpha value is -0.120. The van der Waals surface area contributed by atoms with Crippen molar-refractivity contribution in [1.82, 2.24) is 0 Å². The monoisotopic (exact) mass is 108 g/mol. The van der Waals surface area contributed by atoms with Gasteiger partial charge in [-0.2, -0.15) is 0 Å². The van der Waals surface area contributed by atoms with E-state index >= 15 is 0 Å². The summed E-state index contributed by atoms with van der Waals surface area (Å²) in [7, 11) is 0. The molecule has 0 aliphatic carbocycles. The second-order valence-corrected chi connectivity index (χ2v) is 1.48.